The number of carboxylic acid groups (broad SMARTS) is 1. The van der Waals surface area contributed by atoms with Gasteiger partial charge in [-0.1, -0.05) is 30.1 Å². The van der Waals surface area contributed by atoms with Crippen LogP contribution in [0.5, 0.6) is 0 Å². The van der Waals surface area contributed by atoms with Crippen LogP contribution in [-0.2, 0) is 4.79 Å². The number of hydrogen-bond acceptors (Lipinski definition) is 3. The van der Waals surface area contributed by atoms with Gasteiger partial charge < -0.3 is 10.4 Å². The third kappa shape index (κ3) is 4.49. The molecule has 8 heteroatoms. The van der Waals surface area contributed by atoms with E-state index in [4.69, 9.17) is 28.3 Å². The molecular formula is C16H17Cl2N3O3. The second kappa shape index (κ2) is 7.68. The summed E-state index contributed by atoms with van der Waals surface area (Å²) in [5.41, 5.74) is 1.71. The van der Waals surface area contributed by atoms with Gasteiger partial charge in [0.05, 0.1) is 15.7 Å². The molecule has 2 rings (SSSR count). The van der Waals surface area contributed by atoms with E-state index in [0.717, 1.165) is 5.69 Å². The molecule has 1 atom stereocenters. The Morgan fingerprint density at radius 3 is 2.62 bits per heavy atom. The summed E-state index contributed by atoms with van der Waals surface area (Å²) < 4.78 is 1.60. The molecule has 0 aliphatic carbocycles. The average Bonchev–Trinajstić information content (AvgIpc) is 2.89. The zero-order chi connectivity index (χ0) is 17.9. The summed E-state index contributed by atoms with van der Waals surface area (Å²) in [6.07, 6.45) is -0.00295. The zero-order valence-corrected chi connectivity index (χ0v) is 14.7. The van der Waals surface area contributed by atoms with E-state index >= 15 is 0 Å². The van der Waals surface area contributed by atoms with Gasteiger partial charge in [-0.2, -0.15) is 5.10 Å². The Kier molecular flexibility index (Phi) is 5.85. The van der Waals surface area contributed by atoms with Crippen LogP contribution in [0, 0.1) is 12.8 Å². The van der Waals surface area contributed by atoms with Gasteiger partial charge in [-0.3, -0.25) is 9.59 Å². The third-order valence-corrected chi connectivity index (χ3v) is 4.14. The SMILES string of the molecule is Cc1cc(C(=O)NCC(C)CC(=O)O)nn1-c1ccc(Cl)c(Cl)c1. The molecule has 2 aromatic rings. The van der Waals surface area contributed by atoms with E-state index in [9.17, 15) is 9.59 Å². The number of aromatic nitrogens is 2. The smallest absolute Gasteiger partial charge is 0.303 e. The van der Waals surface area contributed by atoms with Crippen molar-refractivity contribution < 1.29 is 14.7 Å². The largest absolute Gasteiger partial charge is 0.481 e. The Morgan fingerprint density at radius 2 is 2.00 bits per heavy atom. The standard InChI is InChI=1S/C16H17Cl2N3O3/c1-9(5-15(22)23)8-19-16(24)14-6-10(2)21(20-14)11-3-4-12(17)13(18)7-11/h3-4,6-7,9H,5,8H2,1-2H3,(H,19,24)(H,22,23). The van der Waals surface area contributed by atoms with E-state index in [0.29, 0.717) is 15.7 Å². The number of nitrogens with one attached hydrogen (secondary N) is 1. The number of rotatable bonds is 6. The van der Waals surface area contributed by atoms with E-state index < -0.39 is 5.97 Å². The topological polar surface area (TPSA) is 84.2 Å². The van der Waals surface area contributed by atoms with Crippen molar-refractivity contribution in [2.75, 3.05) is 6.54 Å². The van der Waals surface area contributed by atoms with E-state index in [1.807, 2.05) is 6.92 Å². The fourth-order valence-electron chi connectivity index (χ4n) is 2.19. The lowest BCUT2D eigenvalue weighted by Crippen LogP contribution is -2.29. The highest BCUT2D eigenvalue weighted by Crippen LogP contribution is 2.25. The maximum atomic E-state index is 12.2. The number of carbonyl (C=O) groups is 2. The van der Waals surface area contributed by atoms with Gasteiger partial charge in [0.2, 0.25) is 0 Å². The van der Waals surface area contributed by atoms with Crippen LogP contribution in [0.25, 0.3) is 5.69 Å². The summed E-state index contributed by atoms with van der Waals surface area (Å²) in [6, 6.07) is 6.73. The van der Waals surface area contributed by atoms with Gasteiger partial charge in [-0.25, -0.2) is 4.68 Å². The van der Waals surface area contributed by atoms with Gasteiger partial charge in [-0.05, 0) is 37.1 Å². The maximum absolute atomic E-state index is 12.2. The molecule has 0 aliphatic heterocycles. The molecule has 1 aromatic carbocycles. The average molecular weight is 370 g/mol. The number of carbonyl (C=O) groups excluding carboxylic acids is 1. The second-order valence-corrected chi connectivity index (χ2v) is 6.41. The quantitative estimate of drug-likeness (QED) is 0.817. The van der Waals surface area contributed by atoms with Gasteiger partial charge in [0.1, 0.15) is 0 Å². The van der Waals surface area contributed by atoms with Crippen LogP contribution in [0.2, 0.25) is 10.0 Å². The zero-order valence-electron chi connectivity index (χ0n) is 13.2. The molecule has 6 nitrogen and oxygen atoms in total. The molecule has 24 heavy (non-hydrogen) atoms. The molecule has 0 radical (unpaired) electrons. The first-order chi connectivity index (χ1) is 11.3. The van der Waals surface area contributed by atoms with Crippen LogP contribution < -0.4 is 5.32 Å². The molecule has 1 unspecified atom stereocenters. The van der Waals surface area contributed by atoms with Crippen LogP contribution in [0.15, 0.2) is 24.3 Å². The summed E-state index contributed by atoms with van der Waals surface area (Å²) in [7, 11) is 0. The van der Waals surface area contributed by atoms with Crippen molar-refractivity contribution in [3.05, 3.63) is 45.7 Å². The minimum absolute atomic E-state index is 0.00295. The molecule has 0 bridgehead atoms. The Balaban J connectivity index is 2.11. The van der Waals surface area contributed by atoms with E-state index in [-0.39, 0.29) is 30.5 Å². The number of halogens is 2. The molecule has 1 aromatic heterocycles. The first-order valence-corrected chi connectivity index (χ1v) is 8.05. The van der Waals surface area contributed by atoms with Crippen LogP contribution in [0.3, 0.4) is 0 Å². The van der Waals surface area contributed by atoms with Gasteiger partial charge >= 0.3 is 5.97 Å². The lowest BCUT2D eigenvalue weighted by atomic mass is 10.1. The molecule has 0 aliphatic rings. The number of aliphatic carboxylic acids is 1. The first kappa shape index (κ1) is 18.3. The highest BCUT2D eigenvalue weighted by molar-refractivity contribution is 6.42. The number of aryl methyl sites for hydroxylation is 1. The lowest BCUT2D eigenvalue weighted by Gasteiger charge is -2.09. The van der Waals surface area contributed by atoms with Gasteiger partial charge in [0.25, 0.3) is 5.91 Å². The Hall–Kier alpha value is -2.05. The van der Waals surface area contributed by atoms with Gasteiger partial charge in [-0.15, -0.1) is 0 Å². The van der Waals surface area contributed by atoms with Crippen molar-refractivity contribution in [1.82, 2.24) is 15.1 Å². The monoisotopic (exact) mass is 369 g/mol. The second-order valence-electron chi connectivity index (χ2n) is 5.59. The lowest BCUT2D eigenvalue weighted by molar-refractivity contribution is -0.137. The number of benzene rings is 1. The molecule has 0 spiro atoms. The molecular weight excluding hydrogens is 353 g/mol. The number of carboxylic acids is 1. The fourth-order valence-corrected chi connectivity index (χ4v) is 2.48. The van der Waals surface area contributed by atoms with Crippen molar-refractivity contribution in [2.24, 2.45) is 5.92 Å². The van der Waals surface area contributed by atoms with Crippen LogP contribution in [-0.4, -0.2) is 33.3 Å². The van der Waals surface area contributed by atoms with Crippen molar-refractivity contribution >= 4 is 35.1 Å². The first-order valence-electron chi connectivity index (χ1n) is 7.30. The fraction of sp³-hybridized carbons (Fsp3) is 0.312. The van der Waals surface area contributed by atoms with Gasteiger partial charge in [0.15, 0.2) is 5.69 Å². The predicted octanol–water partition coefficient (Wildman–Crippen LogP) is 3.33. The summed E-state index contributed by atoms with van der Waals surface area (Å²) in [6.45, 7) is 3.84. The van der Waals surface area contributed by atoms with Gasteiger partial charge in [0, 0.05) is 18.7 Å². The van der Waals surface area contributed by atoms with E-state index in [1.165, 1.54) is 0 Å². The van der Waals surface area contributed by atoms with Crippen molar-refractivity contribution in [1.29, 1.82) is 0 Å². The highest BCUT2D eigenvalue weighted by atomic mass is 35.5. The number of nitrogens with zero attached hydrogens (tertiary/aromatic N) is 2. The molecule has 1 heterocycles. The summed E-state index contributed by atoms with van der Waals surface area (Å²) in [5, 5.41) is 16.5. The Morgan fingerprint density at radius 1 is 1.29 bits per heavy atom. The minimum atomic E-state index is -0.892. The van der Waals surface area contributed by atoms with Crippen molar-refractivity contribution in [3.8, 4) is 5.69 Å². The van der Waals surface area contributed by atoms with Crippen molar-refractivity contribution in [2.45, 2.75) is 20.3 Å². The third-order valence-electron chi connectivity index (χ3n) is 3.40. The Bertz CT molecular complexity index is 774. The van der Waals surface area contributed by atoms with E-state index in [2.05, 4.69) is 10.4 Å². The van der Waals surface area contributed by atoms with Crippen LogP contribution in [0.1, 0.15) is 29.5 Å². The summed E-state index contributed by atoms with van der Waals surface area (Å²) >= 11 is 11.9. The number of hydrogen-bond donors (Lipinski definition) is 2. The number of amides is 1. The minimum Gasteiger partial charge on any atom is -0.481 e. The normalized spacial score (nSPS) is 12.0. The maximum Gasteiger partial charge on any atom is 0.303 e. The molecule has 0 fully saturated rings. The van der Waals surface area contributed by atoms with Crippen LogP contribution >= 0.6 is 23.2 Å². The van der Waals surface area contributed by atoms with Crippen molar-refractivity contribution in [3.63, 3.8) is 0 Å². The molecule has 2 N–H and O–H groups in total. The summed E-state index contributed by atoms with van der Waals surface area (Å²) in [5.74, 6) is -1.41. The summed E-state index contributed by atoms with van der Waals surface area (Å²) in [4.78, 5) is 22.8. The molecule has 0 saturated heterocycles. The highest BCUT2D eigenvalue weighted by Gasteiger charge is 2.15. The van der Waals surface area contributed by atoms with Crippen LogP contribution in [0.4, 0.5) is 0 Å². The molecule has 0 saturated carbocycles. The van der Waals surface area contributed by atoms with E-state index in [1.54, 1.807) is 35.9 Å². The predicted molar refractivity (Wildman–Crippen MR) is 92.1 cm³/mol. The molecule has 128 valence electrons. The molecule has 1 amide bonds. The Labute approximate surface area is 149 Å².